The highest BCUT2D eigenvalue weighted by atomic mass is 79.9. The van der Waals surface area contributed by atoms with Crippen molar-refractivity contribution in [3.8, 4) is 0 Å². The van der Waals surface area contributed by atoms with Crippen LogP contribution in [-0.2, 0) is 10.0 Å². The van der Waals surface area contributed by atoms with Crippen molar-refractivity contribution in [3.05, 3.63) is 21.1 Å². The summed E-state index contributed by atoms with van der Waals surface area (Å²) < 4.78 is 27.5. The Labute approximate surface area is 135 Å². The number of hydrogen-bond acceptors (Lipinski definition) is 4. The summed E-state index contributed by atoms with van der Waals surface area (Å²) in [7, 11) is -3.69. The lowest BCUT2D eigenvalue weighted by Crippen LogP contribution is -2.63. The highest BCUT2D eigenvalue weighted by Gasteiger charge is 2.47. The van der Waals surface area contributed by atoms with Crippen molar-refractivity contribution in [2.45, 2.75) is 30.3 Å². The van der Waals surface area contributed by atoms with Gasteiger partial charge in [-0.15, -0.1) is 0 Å². The van der Waals surface area contributed by atoms with Crippen LogP contribution in [0.4, 0.5) is 5.69 Å². The zero-order chi connectivity index (χ0) is 15.1. The first-order chi connectivity index (χ1) is 9.19. The van der Waals surface area contributed by atoms with Gasteiger partial charge >= 0.3 is 0 Å². The summed E-state index contributed by atoms with van der Waals surface area (Å²) in [5.41, 5.74) is 5.10. The van der Waals surface area contributed by atoms with Crippen molar-refractivity contribution in [2.24, 2.45) is 0 Å². The average Bonchev–Trinajstić information content (AvgIpc) is 2.23. The molecular weight excluding hydrogens is 412 g/mol. The van der Waals surface area contributed by atoms with Gasteiger partial charge in [0.05, 0.1) is 11.3 Å². The molecule has 0 aliphatic carbocycles. The molecule has 0 aromatic heterocycles. The van der Waals surface area contributed by atoms with E-state index in [0.29, 0.717) is 15.4 Å². The van der Waals surface area contributed by atoms with Crippen LogP contribution < -0.4 is 5.73 Å². The Kier molecular flexibility index (Phi) is 4.52. The number of β-amino-alcohol motifs (C(OH)–C–C–N with tert-alkyl or cyclic N) is 1. The maximum absolute atomic E-state index is 12.5. The molecule has 1 saturated heterocycles. The van der Waals surface area contributed by atoms with E-state index >= 15 is 0 Å². The van der Waals surface area contributed by atoms with E-state index in [2.05, 4.69) is 31.9 Å². The lowest BCUT2D eigenvalue weighted by Gasteiger charge is -2.45. The third kappa shape index (κ3) is 2.89. The maximum atomic E-state index is 12.5. The summed E-state index contributed by atoms with van der Waals surface area (Å²) in [5, 5.41) is 10.1. The van der Waals surface area contributed by atoms with Gasteiger partial charge in [0.1, 0.15) is 4.90 Å². The van der Waals surface area contributed by atoms with Gasteiger partial charge in [-0.1, -0.05) is 29.3 Å². The summed E-state index contributed by atoms with van der Waals surface area (Å²) in [5.74, 6) is 0. The molecule has 0 spiro atoms. The van der Waals surface area contributed by atoms with Crippen molar-refractivity contribution in [2.75, 3.05) is 18.8 Å². The fourth-order valence-electron chi connectivity index (χ4n) is 2.39. The molecule has 2 rings (SSSR count). The van der Waals surface area contributed by atoms with Crippen LogP contribution >= 0.6 is 31.9 Å². The van der Waals surface area contributed by atoms with Gasteiger partial charge in [0.25, 0.3) is 0 Å². The number of nitrogens with zero attached hydrogens (tertiary/aromatic N) is 1. The summed E-state index contributed by atoms with van der Waals surface area (Å²) in [4.78, 5) is 0.0549. The Morgan fingerprint density at radius 1 is 1.40 bits per heavy atom. The van der Waals surface area contributed by atoms with E-state index < -0.39 is 15.6 Å². The van der Waals surface area contributed by atoms with Crippen LogP contribution in [-0.4, -0.2) is 36.5 Å². The quantitative estimate of drug-likeness (QED) is 0.722. The predicted octanol–water partition coefficient (Wildman–Crippen LogP) is 2.33. The minimum absolute atomic E-state index is 0.0549. The fourth-order valence-corrected chi connectivity index (χ4v) is 6.00. The SMILES string of the molecule is CCCC1(O)CN(S(=O)(=O)c2c(N)cc(Br)cc2Br)C1. The molecular formula is C12H16Br2N2O3S. The van der Waals surface area contributed by atoms with Gasteiger partial charge in [-0.2, -0.15) is 4.31 Å². The number of benzene rings is 1. The van der Waals surface area contributed by atoms with Crippen LogP contribution in [0.15, 0.2) is 26.0 Å². The minimum Gasteiger partial charge on any atom is -0.398 e. The van der Waals surface area contributed by atoms with Gasteiger partial charge < -0.3 is 10.8 Å². The molecule has 0 unspecified atom stereocenters. The van der Waals surface area contributed by atoms with Gasteiger partial charge in [-0.3, -0.25) is 0 Å². The van der Waals surface area contributed by atoms with Gasteiger partial charge in [-0.25, -0.2) is 8.42 Å². The predicted molar refractivity (Wildman–Crippen MR) is 84.9 cm³/mol. The highest BCUT2D eigenvalue weighted by molar-refractivity contribution is 9.11. The Morgan fingerprint density at radius 2 is 2.00 bits per heavy atom. The molecule has 1 aliphatic heterocycles. The molecule has 112 valence electrons. The smallest absolute Gasteiger partial charge is 0.246 e. The molecule has 1 heterocycles. The first-order valence-electron chi connectivity index (χ1n) is 6.17. The van der Waals surface area contributed by atoms with Crippen molar-refractivity contribution < 1.29 is 13.5 Å². The molecule has 1 fully saturated rings. The number of rotatable bonds is 4. The summed E-state index contributed by atoms with van der Waals surface area (Å²) >= 11 is 6.50. The second-order valence-electron chi connectivity index (χ2n) is 5.05. The Hall–Kier alpha value is -0.150. The zero-order valence-electron chi connectivity index (χ0n) is 10.9. The third-order valence-corrected chi connectivity index (χ3v) is 6.55. The van der Waals surface area contributed by atoms with E-state index in [1.165, 1.54) is 4.31 Å². The molecule has 0 bridgehead atoms. The van der Waals surface area contributed by atoms with Gasteiger partial charge in [0, 0.05) is 22.0 Å². The molecule has 1 aromatic rings. The lowest BCUT2D eigenvalue weighted by molar-refractivity contribution is -0.0653. The Morgan fingerprint density at radius 3 is 2.50 bits per heavy atom. The number of nitrogen functional groups attached to an aromatic ring is 1. The molecule has 0 saturated carbocycles. The van der Waals surface area contributed by atoms with Crippen LogP contribution in [0.1, 0.15) is 19.8 Å². The van der Waals surface area contributed by atoms with Crippen molar-refractivity contribution >= 4 is 47.6 Å². The van der Waals surface area contributed by atoms with Crippen LogP contribution in [0.3, 0.4) is 0 Å². The van der Waals surface area contributed by atoms with E-state index in [1.807, 2.05) is 6.92 Å². The van der Waals surface area contributed by atoms with Gasteiger partial charge in [0.15, 0.2) is 0 Å². The molecule has 1 aliphatic rings. The monoisotopic (exact) mass is 426 g/mol. The van der Waals surface area contributed by atoms with Crippen LogP contribution in [0.25, 0.3) is 0 Å². The van der Waals surface area contributed by atoms with Crippen LogP contribution in [0.5, 0.6) is 0 Å². The first-order valence-corrected chi connectivity index (χ1v) is 9.19. The molecule has 0 radical (unpaired) electrons. The fraction of sp³-hybridized carbons (Fsp3) is 0.500. The Bertz CT molecular complexity index is 605. The second kappa shape index (κ2) is 5.57. The number of aliphatic hydroxyl groups is 1. The van der Waals surface area contributed by atoms with Crippen LogP contribution in [0.2, 0.25) is 0 Å². The topological polar surface area (TPSA) is 83.6 Å². The van der Waals surface area contributed by atoms with E-state index in [1.54, 1.807) is 12.1 Å². The summed E-state index contributed by atoms with van der Waals surface area (Å²) in [6.07, 6.45) is 1.41. The van der Waals surface area contributed by atoms with Gasteiger partial charge in [0.2, 0.25) is 10.0 Å². The van der Waals surface area contributed by atoms with E-state index in [4.69, 9.17) is 5.73 Å². The third-order valence-electron chi connectivity index (χ3n) is 3.29. The van der Waals surface area contributed by atoms with Crippen molar-refractivity contribution in [3.63, 3.8) is 0 Å². The molecule has 8 heteroatoms. The average molecular weight is 428 g/mol. The normalized spacial score (nSPS) is 18.8. The largest absolute Gasteiger partial charge is 0.398 e. The number of halogens is 2. The maximum Gasteiger partial charge on any atom is 0.246 e. The molecule has 0 atom stereocenters. The molecule has 3 N–H and O–H groups in total. The molecule has 0 amide bonds. The van der Waals surface area contributed by atoms with Crippen molar-refractivity contribution in [1.82, 2.24) is 4.31 Å². The van der Waals surface area contributed by atoms with Crippen molar-refractivity contribution in [1.29, 1.82) is 0 Å². The molecule has 20 heavy (non-hydrogen) atoms. The standard InChI is InChI=1S/C12H16Br2N2O3S/c1-2-3-12(17)6-16(7-12)20(18,19)11-9(14)4-8(13)5-10(11)15/h4-5,17H,2-3,6-7,15H2,1H3. The highest BCUT2D eigenvalue weighted by Crippen LogP contribution is 2.37. The number of anilines is 1. The summed E-state index contributed by atoms with van der Waals surface area (Å²) in [6, 6.07) is 3.19. The molecule has 5 nitrogen and oxygen atoms in total. The summed E-state index contributed by atoms with van der Waals surface area (Å²) in [6.45, 7) is 2.19. The lowest BCUT2D eigenvalue weighted by atomic mass is 9.92. The molecule has 1 aromatic carbocycles. The van der Waals surface area contributed by atoms with Gasteiger partial charge in [-0.05, 0) is 34.5 Å². The van der Waals surface area contributed by atoms with E-state index in [9.17, 15) is 13.5 Å². The number of sulfonamides is 1. The number of nitrogens with two attached hydrogens (primary N) is 1. The zero-order valence-corrected chi connectivity index (χ0v) is 14.9. The van der Waals surface area contributed by atoms with Crippen LogP contribution in [0, 0.1) is 0 Å². The van der Waals surface area contributed by atoms with E-state index in [0.717, 1.165) is 6.42 Å². The Balaban J connectivity index is 2.30. The number of hydrogen-bond donors (Lipinski definition) is 2. The second-order valence-corrected chi connectivity index (χ2v) is 8.70. The first kappa shape index (κ1) is 16.2. The minimum atomic E-state index is -3.69. The van der Waals surface area contributed by atoms with E-state index in [-0.39, 0.29) is 23.7 Å².